The zero-order valence-electron chi connectivity index (χ0n) is 15.8. The average Bonchev–Trinajstić information content (AvgIpc) is 3.43. The first-order chi connectivity index (χ1) is 14.0. The van der Waals surface area contributed by atoms with Gasteiger partial charge in [-0.15, -0.1) is 11.3 Å². The monoisotopic (exact) mass is 416 g/mol. The molecular weight excluding hydrogens is 396 g/mol. The SMILES string of the molecule is COc1ccc(NC(=O)C(=O)NCc2ccc(C(O)c3ccco3)s2)cc1OC. The lowest BCUT2D eigenvalue weighted by Crippen LogP contribution is -2.34. The maximum atomic E-state index is 12.1. The lowest BCUT2D eigenvalue weighted by Gasteiger charge is -2.10. The molecule has 1 atom stereocenters. The fourth-order valence-electron chi connectivity index (χ4n) is 2.57. The summed E-state index contributed by atoms with van der Waals surface area (Å²) in [5.41, 5.74) is 0.405. The number of anilines is 1. The summed E-state index contributed by atoms with van der Waals surface area (Å²) < 4.78 is 15.5. The number of hydrogen-bond donors (Lipinski definition) is 3. The Morgan fingerprint density at radius 2 is 1.90 bits per heavy atom. The fraction of sp³-hybridized carbons (Fsp3) is 0.200. The van der Waals surface area contributed by atoms with Crippen molar-refractivity contribution in [2.75, 3.05) is 19.5 Å². The van der Waals surface area contributed by atoms with Crippen molar-refractivity contribution in [1.29, 1.82) is 0 Å². The molecule has 8 nitrogen and oxygen atoms in total. The summed E-state index contributed by atoms with van der Waals surface area (Å²) in [5, 5.41) is 15.3. The van der Waals surface area contributed by atoms with Crippen LogP contribution in [0.3, 0.4) is 0 Å². The van der Waals surface area contributed by atoms with Crippen molar-refractivity contribution in [2.45, 2.75) is 12.6 Å². The Morgan fingerprint density at radius 3 is 2.59 bits per heavy atom. The molecule has 0 fully saturated rings. The molecule has 9 heteroatoms. The van der Waals surface area contributed by atoms with Gasteiger partial charge in [-0.05, 0) is 36.4 Å². The molecule has 2 aromatic heterocycles. The predicted octanol–water partition coefficient (Wildman–Crippen LogP) is 2.69. The number of amides is 2. The van der Waals surface area contributed by atoms with Gasteiger partial charge in [-0.2, -0.15) is 0 Å². The second-order valence-electron chi connectivity index (χ2n) is 5.93. The van der Waals surface area contributed by atoms with Crippen LogP contribution in [0.25, 0.3) is 0 Å². The van der Waals surface area contributed by atoms with Gasteiger partial charge < -0.3 is 29.6 Å². The number of thiophene rings is 1. The average molecular weight is 416 g/mol. The summed E-state index contributed by atoms with van der Waals surface area (Å²) in [7, 11) is 2.99. The lowest BCUT2D eigenvalue weighted by molar-refractivity contribution is -0.136. The predicted molar refractivity (Wildman–Crippen MR) is 107 cm³/mol. The number of carbonyl (C=O) groups excluding carboxylic acids is 2. The summed E-state index contributed by atoms with van der Waals surface area (Å²) in [5.74, 6) is -0.185. The van der Waals surface area contributed by atoms with Crippen molar-refractivity contribution in [3.8, 4) is 11.5 Å². The van der Waals surface area contributed by atoms with E-state index in [1.807, 2.05) is 0 Å². The van der Waals surface area contributed by atoms with Crippen LogP contribution in [0.5, 0.6) is 11.5 Å². The van der Waals surface area contributed by atoms with Crippen LogP contribution in [0.15, 0.2) is 53.1 Å². The second-order valence-corrected chi connectivity index (χ2v) is 7.13. The smallest absolute Gasteiger partial charge is 0.313 e. The van der Waals surface area contributed by atoms with Crippen molar-refractivity contribution in [3.63, 3.8) is 0 Å². The van der Waals surface area contributed by atoms with E-state index in [1.54, 1.807) is 42.5 Å². The number of aliphatic hydroxyl groups excluding tert-OH is 1. The molecule has 0 spiro atoms. The van der Waals surface area contributed by atoms with Gasteiger partial charge in [-0.25, -0.2) is 0 Å². The Bertz CT molecular complexity index is 983. The van der Waals surface area contributed by atoms with E-state index in [0.717, 1.165) is 4.88 Å². The maximum Gasteiger partial charge on any atom is 0.313 e. The summed E-state index contributed by atoms with van der Waals surface area (Å²) >= 11 is 1.32. The Hall–Kier alpha value is -3.30. The number of methoxy groups -OCH3 is 2. The van der Waals surface area contributed by atoms with Crippen molar-refractivity contribution in [2.24, 2.45) is 0 Å². The Kier molecular flexibility index (Phi) is 6.53. The molecular formula is C20H20N2O6S. The van der Waals surface area contributed by atoms with E-state index in [2.05, 4.69) is 10.6 Å². The summed E-state index contributed by atoms with van der Waals surface area (Å²) in [4.78, 5) is 25.7. The molecule has 0 saturated carbocycles. The molecule has 2 amide bonds. The first kappa shape index (κ1) is 20.4. The second kappa shape index (κ2) is 9.26. The number of rotatable bonds is 7. The normalized spacial score (nSPS) is 11.6. The molecule has 3 rings (SSSR count). The van der Waals surface area contributed by atoms with Gasteiger partial charge in [0, 0.05) is 21.5 Å². The van der Waals surface area contributed by atoms with Crippen molar-refractivity contribution < 1.29 is 28.6 Å². The van der Waals surface area contributed by atoms with Gasteiger partial charge in [-0.1, -0.05) is 0 Å². The minimum absolute atomic E-state index is 0.160. The molecule has 0 aliphatic rings. The summed E-state index contributed by atoms with van der Waals surface area (Å²) in [6.07, 6.45) is 0.623. The molecule has 2 heterocycles. The van der Waals surface area contributed by atoms with Crippen LogP contribution in [0.1, 0.15) is 21.6 Å². The molecule has 152 valence electrons. The first-order valence-electron chi connectivity index (χ1n) is 8.63. The van der Waals surface area contributed by atoms with E-state index in [-0.39, 0.29) is 6.54 Å². The molecule has 1 aromatic carbocycles. The minimum atomic E-state index is -0.868. The topological polar surface area (TPSA) is 110 Å². The van der Waals surface area contributed by atoms with Crippen LogP contribution >= 0.6 is 11.3 Å². The Labute approximate surface area is 171 Å². The van der Waals surface area contributed by atoms with E-state index in [9.17, 15) is 14.7 Å². The zero-order valence-corrected chi connectivity index (χ0v) is 16.6. The molecule has 3 aromatic rings. The highest BCUT2D eigenvalue weighted by Crippen LogP contribution is 2.30. The van der Waals surface area contributed by atoms with Crippen molar-refractivity contribution in [1.82, 2.24) is 5.32 Å². The van der Waals surface area contributed by atoms with Gasteiger partial charge in [0.25, 0.3) is 0 Å². The first-order valence-corrected chi connectivity index (χ1v) is 9.44. The summed E-state index contributed by atoms with van der Waals surface area (Å²) in [6.45, 7) is 0.160. The molecule has 1 unspecified atom stereocenters. The Balaban J connectivity index is 1.55. The van der Waals surface area contributed by atoms with Crippen LogP contribution in [-0.4, -0.2) is 31.1 Å². The molecule has 0 aliphatic carbocycles. The Morgan fingerprint density at radius 1 is 1.10 bits per heavy atom. The number of benzene rings is 1. The van der Waals surface area contributed by atoms with E-state index >= 15 is 0 Å². The standard InChI is InChI=1S/C20H20N2O6S/c1-26-14-7-5-12(10-16(14)27-2)22-20(25)19(24)21-11-13-6-8-17(29-13)18(23)15-4-3-9-28-15/h3-10,18,23H,11H2,1-2H3,(H,21,24)(H,22,25). The fourth-order valence-corrected chi connectivity index (χ4v) is 3.52. The maximum absolute atomic E-state index is 12.1. The van der Waals surface area contributed by atoms with Crippen LogP contribution < -0.4 is 20.1 Å². The molecule has 0 aliphatic heterocycles. The van der Waals surface area contributed by atoms with Gasteiger partial charge in [0.15, 0.2) is 11.5 Å². The van der Waals surface area contributed by atoms with Crippen LogP contribution in [0, 0.1) is 0 Å². The number of carbonyl (C=O) groups is 2. The third-order valence-corrected chi connectivity index (χ3v) is 5.17. The lowest BCUT2D eigenvalue weighted by atomic mass is 10.2. The minimum Gasteiger partial charge on any atom is -0.493 e. The van der Waals surface area contributed by atoms with E-state index < -0.39 is 17.9 Å². The third kappa shape index (κ3) is 4.95. The highest BCUT2D eigenvalue weighted by atomic mass is 32.1. The van der Waals surface area contributed by atoms with Gasteiger partial charge >= 0.3 is 11.8 Å². The van der Waals surface area contributed by atoms with E-state index in [0.29, 0.717) is 27.8 Å². The van der Waals surface area contributed by atoms with Crippen LogP contribution in [-0.2, 0) is 16.1 Å². The van der Waals surface area contributed by atoms with E-state index in [1.165, 1.54) is 31.8 Å². The highest BCUT2D eigenvalue weighted by Gasteiger charge is 2.18. The van der Waals surface area contributed by atoms with Gasteiger partial charge in [-0.3, -0.25) is 9.59 Å². The van der Waals surface area contributed by atoms with E-state index in [4.69, 9.17) is 13.9 Å². The van der Waals surface area contributed by atoms with Crippen molar-refractivity contribution >= 4 is 28.8 Å². The van der Waals surface area contributed by atoms with Gasteiger partial charge in [0.2, 0.25) is 0 Å². The van der Waals surface area contributed by atoms with Gasteiger partial charge in [0.1, 0.15) is 11.9 Å². The third-order valence-electron chi connectivity index (χ3n) is 4.04. The molecule has 0 radical (unpaired) electrons. The number of ether oxygens (including phenoxy) is 2. The van der Waals surface area contributed by atoms with Gasteiger partial charge in [0.05, 0.1) is 27.0 Å². The highest BCUT2D eigenvalue weighted by molar-refractivity contribution is 7.12. The largest absolute Gasteiger partial charge is 0.493 e. The number of aliphatic hydroxyl groups is 1. The molecule has 3 N–H and O–H groups in total. The quantitative estimate of drug-likeness (QED) is 0.511. The van der Waals surface area contributed by atoms with Crippen LogP contribution in [0.4, 0.5) is 5.69 Å². The number of nitrogens with one attached hydrogen (secondary N) is 2. The molecule has 0 bridgehead atoms. The number of hydrogen-bond acceptors (Lipinski definition) is 7. The zero-order chi connectivity index (χ0) is 20.8. The van der Waals surface area contributed by atoms with Crippen molar-refractivity contribution in [3.05, 3.63) is 64.2 Å². The molecule has 0 saturated heterocycles. The summed E-state index contributed by atoms with van der Waals surface area (Å²) in [6, 6.07) is 11.7. The number of furan rings is 1. The van der Waals surface area contributed by atoms with Crippen LogP contribution in [0.2, 0.25) is 0 Å². The molecule has 29 heavy (non-hydrogen) atoms.